The van der Waals surface area contributed by atoms with Gasteiger partial charge in [0.25, 0.3) is 0 Å². The van der Waals surface area contributed by atoms with Crippen molar-refractivity contribution in [2.24, 2.45) is 0 Å². The number of carbonyl (C=O) groups excluding carboxylic acids is 1. The molecule has 1 aliphatic rings. The SMILES string of the molecule is CC1=CC(c2ccccc2C=O)C(C)=C1C. The third-order valence-electron chi connectivity index (χ3n) is 3.52. The molecule has 0 spiro atoms. The Morgan fingerprint density at radius 2 is 1.81 bits per heavy atom. The van der Waals surface area contributed by atoms with Gasteiger partial charge in [0, 0.05) is 11.5 Å². The van der Waals surface area contributed by atoms with E-state index in [0.717, 1.165) is 17.4 Å². The minimum Gasteiger partial charge on any atom is -0.298 e. The highest BCUT2D eigenvalue weighted by atomic mass is 16.1. The van der Waals surface area contributed by atoms with Gasteiger partial charge in [0.15, 0.2) is 0 Å². The molecule has 0 aromatic heterocycles. The van der Waals surface area contributed by atoms with Gasteiger partial charge in [-0.15, -0.1) is 0 Å². The number of hydrogen-bond acceptors (Lipinski definition) is 1. The molecule has 1 heteroatoms. The van der Waals surface area contributed by atoms with Crippen molar-refractivity contribution < 1.29 is 4.79 Å². The summed E-state index contributed by atoms with van der Waals surface area (Å²) in [5, 5.41) is 0. The van der Waals surface area contributed by atoms with E-state index in [0.29, 0.717) is 0 Å². The van der Waals surface area contributed by atoms with E-state index in [9.17, 15) is 4.79 Å². The van der Waals surface area contributed by atoms with Crippen molar-refractivity contribution in [1.82, 2.24) is 0 Å². The van der Waals surface area contributed by atoms with Crippen LogP contribution in [0.3, 0.4) is 0 Å². The molecule has 0 bridgehead atoms. The van der Waals surface area contributed by atoms with Crippen molar-refractivity contribution in [2.75, 3.05) is 0 Å². The summed E-state index contributed by atoms with van der Waals surface area (Å²) < 4.78 is 0. The van der Waals surface area contributed by atoms with Gasteiger partial charge < -0.3 is 0 Å². The molecule has 0 aliphatic heterocycles. The average Bonchev–Trinajstić information content (AvgIpc) is 2.57. The molecule has 0 N–H and O–H groups in total. The Bertz CT molecular complexity index is 492. The average molecular weight is 212 g/mol. The van der Waals surface area contributed by atoms with E-state index in [1.165, 1.54) is 16.7 Å². The van der Waals surface area contributed by atoms with Crippen LogP contribution in [0.15, 0.2) is 47.1 Å². The molecule has 1 atom stereocenters. The normalized spacial score (nSPS) is 19.9. The maximum absolute atomic E-state index is 11.0. The third kappa shape index (κ3) is 1.63. The smallest absolute Gasteiger partial charge is 0.150 e. The van der Waals surface area contributed by atoms with Gasteiger partial charge in [0.2, 0.25) is 0 Å². The fourth-order valence-corrected chi connectivity index (χ4v) is 2.27. The second kappa shape index (κ2) is 4.09. The van der Waals surface area contributed by atoms with Crippen molar-refractivity contribution in [3.8, 4) is 0 Å². The summed E-state index contributed by atoms with van der Waals surface area (Å²) in [4.78, 5) is 11.0. The number of hydrogen-bond donors (Lipinski definition) is 0. The minimum absolute atomic E-state index is 0.279. The molecule has 1 nitrogen and oxygen atoms in total. The Hall–Kier alpha value is -1.63. The van der Waals surface area contributed by atoms with Crippen LogP contribution < -0.4 is 0 Å². The zero-order chi connectivity index (χ0) is 11.7. The van der Waals surface area contributed by atoms with Crippen molar-refractivity contribution in [1.29, 1.82) is 0 Å². The fraction of sp³-hybridized carbons (Fsp3) is 0.267. The molecule has 16 heavy (non-hydrogen) atoms. The first kappa shape index (κ1) is 10.9. The van der Waals surface area contributed by atoms with Crippen LogP contribution in [-0.4, -0.2) is 6.29 Å². The monoisotopic (exact) mass is 212 g/mol. The number of benzene rings is 1. The maximum Gasteiger partial charge on any atom is 0.150 e. The first-order valence-corrected chi connectivity index (χ1v) is 5.55. The summed E-state index contributed by atoms with van der Waals surface area (Å²) >= 11 is 0. The molecule has 0 saturated heterocycles. The summed E-state index contributed by atoms with van der Waals surface area (Å²) in [7, 11) is 0. The van der Waals surface area contributed by atoms with Gasteiger partial charge in [0.05, 0.1) is 0 Å². The Kier molecular flexibility index (Phi) is 2.78. The van der Waals surface area contributed by atoms with Gasteiger partial charge in [-0.3, -0.25) is 4.79 Å². The molecular weight excluding hydrogens is 196 g/mol. The van der Waals surface area contributed by atoms with Crippen molar-refractivity contribution in [3.05, 3.63) is 58.2 Å². The molecule has 82 valence electrons. The third-order valence-corrected chi connectivity index (χ3v) is 3.52. The standard InChI is InChI=1S/C15H16O/c1-10-8-15(12(3)11(10)2)14-7-5-4-6-13(14)9-16/h4-9,15H,1-3H3. The Morgan fingerprint density at radius 1 is 1.12 bits per heavy atom. The summed E-state index contributed by atoms with van der Waals surface area (Å²) in [5.41, 5.74) is 5.94. The molecule has 0 radical (unpaired) electrons. The van der Waals surface area contributed by atoms with Crippen LogP contribution in [0.1, 0.15) is 42.6 Å². The molecule has 0 fully saturated rings. The van der Waals surface area contributed by atoms with Crippen LogP contribution in [0.25, 0.3) is 0 Å². The minimum atomic E-state index is 0.279. The maximum atomic E-state index is 11.0. The molecule has 0 amide bonds. The molecule has 1 aromatic rings. The Balaban J connectivity index is 2.52. The largest absolute Gasteiger partial charge is 0.298 e. The van der Waals surface area contributed by atoms with Gasteiger partial charge in [-0.2, -0.15) is 0 Å². The number of allylic oxidation sites excluding steroid dienone is 4. The molecule has 0 heterocycles. The van der Waals surface area contributed by atoms with E-state index < -0.39 is 0 Å². The number of rotatable bonds is 2. The highest BCUT2D eigenvalue weighted by Gasteiger charge is 2.21. The van der Waals surface area contributed by atoms with Crippen LogP contribution in [0.5, 0.6) is 0 Å². The van der Waals surface area contributed by atoms with Gasteiger partial charge >= 0.3 is 0 Å². The molecular formula is C15H16O. The first-order chi connectivity index (χ1) is 7.65. The summed E-state index contributed by atoms with van der Waals surface area (Å²) in [5.74, 6) is 0.279. The Morgan fingerprint density at radius 3 is 2.38 bits per heavy atom. The van der Waals surface area contributed by atoms with E-state index in [-0.39, 0.29) is 5.92 Å². The summed E-state index contributed by atoms with van der Waals surface area (Å²) in [6.45, 7) is 6.42. The van der Waals surface area contributed by atoms with E-state index in [1.54, 1.807) is 0 Å². The van der Waals surface area contributed by atoms with Crippen LogP contribution in [0, 0.1) is 0 Å². The zero-order valence-electron chi connectivity index (χ0n) is 9.95. The van der Waals surface area contributed by atoms with Crippen LogP contribution >= 0.6 is 0 Å². The lowest BCUT2D eigenvalue weighted by Gasteiger charge is -2.13. The van der Waals surface area contributed by atoms with Crippen LogP contribution in [0.4, 0.5) is 0 Å². The highest BCUT2D eigenvalue weighted by molar-refractivity contribution is 5.78. The summed E-state index contributed by atoms with van der Waals surface area (Å²) in [6, 6.07) is 7.82. The zero-order valence-corrected chi connectivity index (χ0v) is 9.95. The molecule has 0 saturated carbocycles. The number of carbonyl (C=O) groups is 1. The van der Waals surface area contributed by atoms with Crippen molar-refractivity contribution in [2.45, 2.75) is 26.7 Å². The molecule has 1 unspecified atom stereocenters. The van der Waals surface area contributed by atoms with E-state index in [2.05, 4.69) is 26.8 Å². The molecule has 2 rings (SSSR count). The second-order valence-electron chi connectivity index (χ2n) is 4.38. The quantitative estimate of drug-likeness (QED) is 0.680. The molecule has 1 aromatic carbocycles. The van der Waals surface area contributed by atoms with Crippen molar-refractivity contribution in [3.63, 3.8) is 0 Å². The predicted molar refractivity (Wildman–Crippen MR) is 66.7 cm³/mol. The fourth-order valence-electron chi connectivity index (χ4n) is 2.27. The number of aldehydes is 1. The lowest BCUT2D eigenvalue weighted by atomic mass is 9.90. The summed E-state index contributed by atoms with van der Waals surface area (Å²) in [6.07, 6.45) is 3.19. The first-order valence-electron chi connectivity index (χ1n) is 5.55. The van der Waals surface area contributed by atoms with Gasteiger partial charge in [-0.1, -0.05) is 41.5 Å². The highest BCUT2D eigenvalue weighted by Crippen LogP contribution is 2.38. The predicted octanol–water partition coefficient (Wildman–Crippen LogP) is 3.88. The van der Waals surface area contributed by atoms with E-state index in [1.807, 2.05) is 24.3 Å². The van der Waals surface area contributed by atoms with E-state index >= 15 is 0 Å². The van der Waals surface area contributed by atoms with Crippen LogP contribution in [-0.2, 0) is 0 Å². The van der Waals surface area contributed by atoms with Gasteiger partial charge in [0.1, 0.15) is 6.29 Å². The lowest BCUT2D eigenvalue weighted by Crippen LogP contribution is -1.99. The van der Waals surface area contributed by atoms with Gasteiger partial charge in [-0.25, -0.2) is 0 Å². The molecule has 1 aliphatic carbocycles. The topological polar surface area (TPSA) is 17.1 Å². The van der Waals surface area contributed by atoms with E-state index in [4.69, 9.17) is 0 Å². The lowest BCUT2D eigenvalue weighted by molar-refractivity contribution is 0.112. The van der Waals surface area contributed by atoms with Crippen molar-refractivity contribution >= 4 is 6.29 Å². The second-order valence-corrected chi connectivity index (χ2v) is 4.38. The Labute approximate surface area is 96.5 Å². The van der Waals surface area contributed by atoms with Gasteiger partial charge in [-0.05, 0) is 31.9 Å². The van der Waals surface area contributed by atoms with Crippen LogP contribution in [0.2, 0.25) is 0 Å².